The summed E-state index contributed by atoms with van der Waals surface area (Å²) in [6.45, 7) is 4.02. The van der Waals surface area contributed by atoms with Crippen LogP contribution >= 0.6 is 11.3 Å². The number of nitrogens with zero attached hydrogens (tertiary/aromatic N) is 1. The number of ether oxygens (including phenoxy) is 1. The van der Waals surface area contributed by atoms with Gasteiger partial charge in [0.15, 0.2) is 0 Å². The highest BCUT2D eigenvalue weighted by Crippen LogP contribution is 2.16. The molecule has 1 amide bonds. The van der Waals surface area contributed by atoms with Gasteiger partial charge in [0.25, 0.3) is 0 Å². The predicted molar refractivity (Wildman–Crippen MR) is 62.2 cm³/mol. The van der Waals surface area contributed by atoms with Crippen molar-refractivity contribution in [1.82, 2.24) is 10.3 Å². The number of rotatable bonds is 4. The second kappa shape index (κ2) is 5.41. The average Bonchev–Trinajstić information content (AvgIpc) is 2.87. The van der Waals surface area contributed by atoms with Crippen molar-refractivity contribution in [3.8, 4) is 0 Å². The molecule has 0 aromatic carbocycles. The zero-order chi connectivity index (χ0) is 11.4. The lowest BCUT2D eigenvalue weighted by atomic mass is 10.1. The number of thiazole rings is 1. The monoisotopic (exact) mass is 240 g/mol. The van der Waals surface area contributed by atoms with E-state index >= 15 is 0 Å². The van der Waals surface area contributed by atoms with Crippen molar-refractivity contribution in [3.05, 3.63) is 16.1 Å². The molecule has 0 radical (unpaired) electrons. The molecule has 0 saturated carbocycles. The van der Waals surface area contributed by atoms with Gasteiger partial charge in [0.2, 0.25) is 5.91 Å². The van der Waals surface area contributed by atoms with E-state index < -0.39 is 0 Å². The average molecular weight is 240 g/mol. The Morgan fingerprint density at radius 2 is 2.62 bits per heavy atom. The molecule has 2 rings (SSSR count). The second-order valence-corrected chi connectivity index (χ2v) is 5.13. The van der Waals surface area contributed by atoms with Crippen LogP contribution in [0.5, 0.6) is 0 Å². The van der Waals surface area contributed by atoms with E-state index in [9.17, 15) is 4.79 Å². The molecule has 1 aliphatic heterocycles. The van der Waals surface area contributed by atoms with Crippen molar-refractivity contribution in [2.45, 2.75) is 26.3 Å². The third kappa shape index (κ3) is 3.28. The minimum atomic E-state index is 0.0983. The molecule has 1 saturated heterocycles. The Bertz CT molecular complexity index is 359. The fraction of sp³-hybridized carbons (Fsp3) is 0.636. The normalized spacial score (nSPS) is 19.9. The maximum atomic E-state index is 11.6. The highest BCUT2D eigenvalue weighted by molar-refractivity contribution is 7.09. The summed E-state index contributed by atoms with van der Waals surface area (Å²) in [6, 6.07) is 0. The Balaban J connectivity index is 1.71. The van der Waals surface area contributed by atoms with Gasteiger partial charge in [-0.1, -0.05) is 0 Å². The van der Waals surface area contributed by atoms with Crippen LogP contribution in [0, 0.1) is 12.8 Å². The topological polar surface area (TPSA) is 51.2 Å². The number of nitrogens with one attached hydrogen (secondary N) is 1. The van der Waals surface area contributed by atoms with Crippen LogP contribution in [-0.2, 0) is 16.1 Å². The number of carbonyl (C=O) groups excluding carboxylic acids is 1. The SMILES string of the molecule is Cc1nc(CNC(=O)CC2CCOC2)cs1. The standard InChI is InChI=1S/C11H16N2O2S/c1-8-13-10(7-16-8)5-12-11(14)4-9-2-3-15-6-9/h7,9H,2-6H2,1H3,(H,12,14). The maximum Gasteiger partial charge on any atom is 0.220 e. The van der Waals surface area contributed by atoms with Gasteiger partial charge < -0.3 is 10.1 Å². The minimum absolute atomic E-state index is 0.0983. The summed E-state index contributed by atoms with van der Waals surface area (Å²) in [4.78, 5) is 15.9. The molecule has 16 heavy (non-hydrogen) atoms. The molecule has 1 aliphatic rings. The van der Waals surface area contributed by atoms with Gasteiger partial charge in [0.1, 0.15) is 0 Å². The van der Waals surface area contributed by atoms with Crippen molar-refractivity contribution in [3.63, 3.8) is 0 Å². The molecular weight excluding hydrogens is 224 g/mol. The Morgan fingerprint density at radius 1 is 1.75 bits per heavy atom. The molecule has 1 unspecified atom stereocenters. The van der Waals surface area contributed by atoms with Crippen LogP contribution in [-0.4, -0.2) is 24.1 Å². The predicted octanol–water partition coefficient (Wildman–Crippen LogP) is 1.49. The van der Waals surface area contributed by atoms with Gasteiger partial charge in [-0.15, -0.1) is 11.3 Å². The van der Waals surface area contributed by atoms with E-state index in [1.54, 1.807) is 11.3 Å². The van der Waals surface area contributed by atoms with Crippen molar-refractivity contribution < 1.29 is 9.53 Å². The van der Waals surface area contributed by atoms with Crippen LogP contribution in [0.1, 0.15) is 23.5 Å². The molecule has 88 valence electrons. The molecular formula is C11H16N2O2S. The van der Waals surface area contributed by atoms with Gasteiger partial charge in [-0.3, -0.25) is 4.79 Å². The Morgan fingerprint density at radius 3 is 3.25 bits per heavy atom. The number of amides is 1. The van der Waals surface area contributed by atoms with Crippen LogP contribution in [0.25, 0.3) is 0 Å². The van der Waals surface area contributed by atoms with Crippen molar-refractivity contribution >= 4 is 17.2 Å². The number of aromatic nitrogens is 1. The molecule has 0 bridgehead atoms. The van der Waals surface area contributed by atoms with Gasteiger partial charge in [-0.25, -0.2) is 4.98 Å². The van der Waals surface area contributed by atoms with Crippen LogP contribution in [0.3, 0.4) is 0 Å². The number of hydrogen-bond donors (Lipinski definition) is 1. The van der Waals surface area contributed by atoms with Crippen LogP contribution in [0.15, 0.2) is 5.38 Å². The van der Waals surface area contributed by atoms with E-state index in [1.165, 1.54) is 0 Å². The van der Waals surface area contributed by atoms with Crippen LogP contribution < -0.4 is 5.32 Å². The molecule has 1 aromatic rings. The molecule has 1 aromatic heterocycles. The van der Waals surface area contributed by atoms with Gasteiger partial charge in [-0.05, 0) is 19.3 Å². The first kappa shape index (κ1) is 11.5. The largest absolute Gasteiger partial charge is 0.381 e. The van der Waals surface area contributed by atoms with E-state index in [4.69, 9.17) is 4.74 Å². The van der Waals surface area contributed by atoms with Crippen molar-refractivity contribution in [2.75, 3.05) is 13.2 Å². The first-order chi connectivity index (χ1) is 7.74. The summed E-state index contributed by atoms with van der Waals surface area (Å²) >= 11 is 1.61. The van der Waals surface area contributed by atoms with Crippen molar-refractivity contribution in [2.24, 2.45) is 5.92 Å². The van der Waals surface area contributed by atoms with E-state index in [-0.39, 0.29) is 5.91 Å². The minimum Gasteiger partial charge on any atom is -0.381 e. The fourth-order valence-electron chi connectivity index (χ4n) is 1.76. The first-order valence-corrected chi connectivity index (χ1v) is 6.37. The quantitative estimate of drug-likeness (QED) is 0.867. The van der Waals surface area contributed by atoms with Crippen molar-refractivity contribution in [1.29, 1.82) is 0 Å². The Labute approximate surface area is 99.0 Å². The van der Waals surface area contributed by atoms with E-state index in [1.807, 2.05) is 12.3 Å². The van der Waals surface area contributed by atoms with Crippen LogP contribution in [0.2, 0.25) is 0 Å². The van der Waals surface area contributed by atoms with Gasteiger partial charge in [0.05, 0.1) is 17.2 Å². The maximum absolute atomic E-state index is 11.6. The molecule has 4 nitrogen and oxygen atoms in total. The smallest absolute Gasteiger partial charge is 0.220 e. The lowest BCUT2D eigenvalue weighted by Gasteiger charge is -2.07. The summed E-state index contributed by atoms with van der Waals surface area (Å²) in [5.74, 6) is 0.498. The highest BCUT2D eigenvalue weighted by atomic mass is 32.1. The lowest BCUT2D eigenvalue weighted by Crippen LogP contribution is -2.25. The first-order valence-electron chi connectivity index (χ1n) is 5.49. The fourth-order valence-corrected chi connectivity index (χ4v) is 2.37. The van der Waals surface area contributed by atoms with Gasteiger partial charge in [-0.2, -0.15) is 0 Å². The molecule has 0 spiro atoms. The summed E-state index contributed by atoms with van der Waals surface area (Å²) in [5.41, 5.74) is 0.943. The summed E-state index contributed by atoms with van der Waals surface area (Å²) in [5, 5.41) is 5.90. The molecule has 1 fully saturated rings. The lowest BCUT2D eigenvalue weighted by molar-refractivity contribution is -0.122. The van der Waals surface area contributed by atoms with E-state index in [0.29, 0.717) is 18.9 Å². The number of carbonyl (C=O) groups is 1. The molecule has 0 aliphatic carbocycles. The molecule has 1 N–H and O–H groups in total. The summed E-state index contributed by atoms with van der Waals surface area (Å²) < 4.78 is 5.23. The van der Waals surface area contributed by atoms with Gasteiger partial charge in [0, 0.05) is 25.0 Å². The second-order valence-electron chi connectivity index (χ2n) is 4.07. The Hall–Kier alpha value is -0.940. The zero-order valence-electron chi connectivity index (χ0n) is 9.36. The summed E-state index contributed by atoms with van der Waals surface area (Å²) in [6.07, 6.45) is 1.58. The zero-order valence-corrected chi connectivity index (χ0v) is 10.2. The molecule has 2 heterocycles. The summed E-state index contributed by atoms with van der Waals surface area (Å²) in [7, 11) is 0. The molecule has 1 atom stereocenters. The number of hydrogen-bond acceptors (Lipinski definition) is 4. The van der Waals surface area contributed by atoms with E-state index in [2.05, 4.69) is 10.3 Å². The third-order valence-corrected chi connectivity index (χ3v) is 3.45. The number of aryl methyl sites for hydroxylation is 1. The highest BCUT2D eigenvalue weighted by Gasteiger charge is 2.18. The Kier molecular flexibility index (Phi) is 3.90. The third-order valence-electron chi connectivity index (χ3n) is 2.63. The van der Waals surface area contributed by atoms with Gasteiger partial charge >= 0.3 is 0 Å². The van der Waals surface area contributed by atoms with Crippen LogP contribution in [0.4, 0.5) is 0 Å². The molecule has 5 heteroatoms. The van der Waals surface area contributed by atoms with E-state index in [0.717, 1.165) is 30.3 Å².